The van der Waals surface area contributed by atoms with Crippen molar-refractivity contribution < 1.29 is 0 Å². The first-order valence-electron chi connectivity index (χ1n) is 6.78. The van der Waals surface area contributed by atoms with E-state index < -0.39 is 0 Å². The molecule has 0 atom stereocenters. The number of nitrogens with zero attached hydrogens (tertiary/aromatic N) is 3. The lowest BCUT2D eigenvalue weighted by Crippen LogP contribution is -2.05. The number of benzene rings is 1. The molecule has 1 aliphatic rings. The fourth-order valence-electron chi connectivity index (χ4n) is 2.56. The molecule has 2 rings (SSSR count). The van der Waals surface area contributed by atoms with Gasteiger partial charge in [0.15, 0.2) is 0 Å². The lowest BCUT2D eigenvalue weighted by Gasteiger charge is -2.23. The zero-order chi connectivity index (χ0) is 15.2. The van der Waals surface area contributed by atoms with E-state index in [2.05, 4.69) is 54.5 Å². The van der Waals surface area contributed by atoms with Crippen LogP contribution >= 0.6 is 31.9 Å². The lowest BCUT2D eigenvalue weighted by atomic mass is 9.84. The summed E-state index contributed by atoms with van der Waals surface area (Å²) in [6.07, 6.45) is 6.38. The highest BCUT2D eigenvalue weighted by Gasteiger charge is 2.18. The van der Waals surface area contributed by atoms with E-state index in [1.165, 1.54) is 37.7 Å². The molecule has 0 radical (unpaired) electrons. The van der Waals surface area contributed by atoms with Gasteiger partial charge in [-0.25, -0.2) is 0 Å². The minimum absolute atomic E-state index is 0.204. The third-order valence-corrected chi connectivity index (χ3v) is 4.88. The molecule has 1 aliphatic carbocycles. The number of anilines is 1. The smallest absolute Gasteiger partial charge is 0.237 e. The predicted octanol–water partition coefficient (Wildman–Crippen LogP) is 5.07. The summed E-state index contributed by atoms with van der Waals surface area (Å²) in [4.78, 5) is 0. The minimum atomic E-state index is -0.204. The number of halogens is 2. The summed E-state index contributed by atoms with van der Waals surface area (Å²) in [5, 5.41) is 21.2. The van der Waals surface area contributed by atoms with Gasteiger partial charge in [0.2, 0.25) is 5.71 Å². The fraction of sp³-hybridized carbons (Fsp3) is 0.400. The summed E-state index contributed by atoms with van der Waals surface area (Å²) >= 11 is 7.06. The zero-order valence-corrected chi connectivity index (χ0v) is 14.5. The van der Waals surface area contributed by atoms with Crippen LogP contribution in [0.25, 0.3) is 0 Å². The molecule has 0 amide bonds. The van der Waals surface area contributed by atoms with E-state index in [-0.39, 0.29) is 5.71 Å². The van der Waals surface area contributed by atoms with Crippen LogP contribution < -0.4 is 5.43 Å². The highest BCUT2D eigenvalue weighted by Crippen LogP contribution is 2.39. The maximum atomic E-state index is 8.69. The van der Waals surface area contributed by atoms with E-state index in [1.54, 1.807) is 12.1 Å². The SMILES string of the molecule is N#CC(C#N)=NNc1c(Br)cc(C2CCCCC2)cc1Br. The maximum absolute atomic E-state index is 8.69. The zero-order valence-electron chi connectivity index (χ0n) is 11.4. The van der Waals surface area contributed by atoms with Crippen LogP contribution in [0.4, 0.5) is 5.69 Å². The van der Waals surface area contributed by atoms with E-state index in [4.69, 9.17) is 10.5 Å². The van der Waals surface area contributed by atoms with Crippen LogP contribution in [-0.4, -0.2) is 5.71 Å². The van der Waals surface area contributed by atoms with Gasteiger partial charge in [-0.05, 0) is 68.3 Å². The van der Waals surface area contributed by atoms with E-state index in [1.807, 2.05) is 0 Å². The molecule has 6 heteroatoms. The van der Waals surface area contributed by atoms with Gasteiger partial charge in [-0.3, -0.25) is 5.43 Å². The fourth-order valence-corrected chi connectivity index (χ4v) is 3.96. The summed E-state index contributed by atoms with van der Waals surface area (Å²) < 4.78 is 1.74. The van der Waals surface area contributed by atoms with Crippen molar-refractivity contribution in [1.29, 1.82) is 10.5 Å². The largest absolute Gasteiger partial charge is 0.274 e. The second-order valence-electron chi connectivity index (χ2n) is 4.99. The molecule has 0 unspecified atom stereocenters. The first-order valence-corrected chi connectivity index (χ1v) is 8.37. The summed E-state index contributed by atoms with van der Waals surface area (Å²) in [6.45, 7) is 0. The lowest BCUT2D eigenvalue weighted by molar-refractivity contribution is 0.443. The molecule has 1 saturated carbocycles. The van der Waals surface area contributed by atoms with Crippen LogP contribution in [0.15, 0.2) is 26.2 Å². The van der Waals surface area contributed by atoms with Gasteiger partial charge in [0.05, 0.1) is 5.69 Å². The minimum Gasteiger partial charge on any atom is -0.274 e. The number of hydrogen-bond acceptors (Lipinski definition) is 4. The number of nitriles is 2. The van der Waals surface area contributed by atoms with E-state index >= 15 is 0 Å². The van der Waals surface area contributed by atoms with E-state index in [9.17, 15) is 0 Å². The average Bonchev–Trinajstić information content (AvgIpc) is 2.51. The van der Waals surface area contributed by atoms with Crippen LogP contribution in [0.3, 0.4) is 0 Å². The molecule has 1 aromatic rings. The molecule has 0 bridgehead atoms. The van der Waals surface area contributed by atoms with Gasteiger partial charge < -0.3 is 0 Å². The van der Waals surface area contributed by atoms with Crippen LogP contribution in [0.1, 0.15) is 43.6 Å². The van der Waals surface area contributed by atoms with Crippen molar-refractivity contribution in [1.82, 2.24) is 0 Å². The second-order valence-corrected chi connectivity index (χ2v) is 6.70. The van der Waals surface area contributed by atoms with Gasteiger partial charge in [-0.15, -0.1) is 0 Å². The van der Waals surface area contributed by atoms with Crippen molar-refractivity contribution in [3.8, 4) is 12.1 Å². The third kappa shape index (κ3) is 4.06. The molecule has 0 saturated heterocycles. The molecule has 1 fully saturated rings. The second kappa shape index (κ2) is 7.59. The monoisotopic (exact) mass is 408 g/mol. The highest BCUT2D eigenvalue weighted by atomic mass is 79.9. The number of nitrogens with one attached hydrogen (secondary N) is 1. The van der Waals surface area contributed by atoms with Crippen molar-refractivity contribution in [2.24, 2.45) is 5.10 Å². The number of hydrazone groups is 1. The summed E-state index contributed by atoms with van der Waals surface area (Å²) in [6, 6.07) is 7.63. The Kier molecular flexibility index (Phi) is 5.78. The Balaban J connectivity index is 2.23. The van der Waals surface area contributed by atoms with Gasteiger partial charge in [0.1, 0.15) is 12.1 Å². The molecule has 0 spiro atoms. The van der Waals surface area contributed by atoms with Gasteiger partial charge in [0.25, 0.3) is 0 Å². The Morgan fingerprint density at radius 1 is 1.10 bits per heavy atom. The highest BCUT2D eigenvalue weighted by molar-refractivity contribution is 9.11. The van der Waals surface area contributed by atoms with Crippen molar-refractivity contribution in [2.75, 3.05) is 5.43 Å². The molecular formula is C15H14Br2N4. The van der Waals surface area contributed by atoms with Crippen LogP contribution in [0.2, 0.25) is 0 Å². The molecule has 108 valence electrons. The van der Waals surface area contributed by atoms with Crippen LogP contribution in [0.5, 0.6) is 0 Å². The molecule has 21 heavy (non-hydrogen) atoms. The molecule has 0 aliphatic heterocycles. The molecule has 1 N–H and O–H groups in total. The van der Waals surface area contributed by atoms with E-state index in [0.29, 0.717) is 5.92 Å². The Morgan fingerprint density at radius 2 is 1.67 bits per heavy atom. The van der Waals surface area contributed by atoms with Crippen molar-refractivity contribution in [2.45, 2.75) is 38.0 Å². The molecule has 4 nitrogen and oxygen atoms in total. The molecule has 0 heterocycles. The van der Waals surface area contributed by atoms with E-state index in [0.717, 1.165) is 14.6 Å². The Bertz CT molecular complexity index is 595. The first-order chi connectivity index (χ1) is 10.2. The van der Waals surface area contributed by atoms with Gasteiger partial charge >= 0.3 is 0 Å². The first kappa shape index (κ1) is 16.0. The Hall–Kier alpha value is -1.37. The van der Waals surface area contributed by atoms with Crippen molar-refractivity contribution in [3.63, 3.8) is 0 Å². The molecular weight excluding hydrogens is 396 g/mol. The molecule has 1 aromatic carbocycles. The quantitative estimate of drug-likeness (QED) is 0.559. The predicted molar refractivity (Wildman–Crippen MR) is 90.0 cm³/mol. The van der Waals surface area contributed by atoms with Crippen molar-refractivity contribution in [3.05, 3.63) is 26.6 Å². The summed E-state index contributed by atoms with van der Waals surface area (Å²) in [7, 11) is 0. The Morgan fingerprint density at radius 3 is 2.19 bits per heavy atom. The summed E-state index contributed by atoms with van der Waals surface area (Å²) in [5.74, 6) is 0.609. The standard InChI is InChI=1S/C15H14Br2N4/c16-13-6-11(10-4-2-1-3-5-10)7-14(17)15(13)21-20-12(8-18)9-19/h6-7,10,21H,1-5H2. The molecule has 0 aromatic heterocycles. The normalized spacial score (nSPS) is 14.9. The van der Waals surface area contributed by atoms with Gasteiger partial charge in [0, 0.05) is 8.95 Å². The number of hydrogen-bond donors (Lipinski definition) is 1. The van der Waals surface area contributed by atoms with Crippen LogP contribution in [-0.2, 0) is 0 Å². The van der Waals surface area contributed by atoms with Crippen LogP contribution in [0, 0.1) is 22.7 Å². The van der Waals surface area contributed by atoms with Crippen molar-refractivity contribution >= 4 is 43.3 Å². The summed E-state index contributed by atoms with van der Waals surface area (Å²) in [5.41, 5.74) is 4.59. The Labute approximate surface area is 141 Å². The van der Waals surface area contributed by atoms with Gasteiger partial charge in [-0.1, -0.05) is 19.3 Å². The topological polar surface area (TPSA) is 72.0 Å². The maximum Gasteiger partial charge on any atom is 0.237 e. The average molecular weight is 410 g/mol. The van der Waals surface area contributed by atoms with Gasteiger partial charge in [-0.2, -0.15) is 15.6 Å². The third-order valence-electron chi connectivity index (χ3n) is 3.63. The number of rotatable bonds is 3.